The first-order valence-corrected chi connectivity index (χ1v) is 9.43. The van der Waals surface area contributed by atoms with Crippen LogP contribution in [0.4, 0.5) is 0 Å². The standard InChI is InChI=1S/C15H28O7S.Na/c1-4-6-8-10-21-13(16)12-15(3,23(18,19)20)14(17)22-11-9-7-5-2;/h4-12H2,1-3H3,(H,18,19,20);. The molecule has 1 N–H and O–H groups in total. The van der Waals surface area contributed by atoms with E-state index in [0.29, 0.717) is 12.8 Å². The molecule has 0 spiro atoms. The molecule has 0 aromatic heterocycles. The second-order valence-corrected chi connectivity index (χ2v) is 7.50. The third-order valence-electron chi connectivity index (χ3n) is 3.47. The minimum Gasteiger partial charge on any atom is -0.466 e. The van der Waals surface area contributed by atoms with Gasteiger partial charge in [0.25, 0.3) is 10.1 Å². The normalized spacial score (nSPS) is 13.5. The van der Waals surface area contributed by atoms with Gasteiger partial charge in [-0.2, -0.15) is 8.42 Å². The van der Waals surface area contributed by atoms with Gasteiger partial charge in [0.1, 0.15) is 0 Å². The zero-order valence-electron chi connectivity index (χ0n) is 15.2. The van der Waals surface area contributed by atoms with Gasteiger partial charge in [0, 0.05) is 29.6 Å². The molecule has 0 fully saturated rings. The summed E-state index contributed by atoms with van der Waals surface area (Å²) in [7, 11) is -4.81. The molecule has 0 saturated heterocycles. The van der Waals surface area contributed by atoms with Crippen molar-refractivity contribution in [3.05, 3.63) is 0 Å². The topological polar surface area (TPSA) is 107 Å². The van der Waals surface area contributed by atoms with Crippen LogP contribution in [-0.2, 0) is 29.2 Å². The molecule has 0 aliphatic rings. The van der Waals surface area contributed by atoms with Crippen LogP contribution in [0, 0.1) is 0 Å². The number of ether oxygens (including phenoxy) is 2. The Morgan fingerprint density at radius 3 is 1.83 bits per heavy atom. The maximum absolute atomic E-state index is 12.0. The van der Waals surface area contributed by atoms with Crippen molar-refractivity contribution < 1.29 is 32.0 Å². The van der Waals surface area contributed by atoms with Crippen molar-refractivity contribution in [2.24, 2.45) is 0 Å². The van der Waals surface area contributed by atoms with Crippen LogP contribution in [0.1, 0.15) is 65.7 Å². The minimum atomic E-state index is -4.81. The van der Waals surface area contributed by atoms with Crippen molar-refractivity contribution >= 4 is 51.6 Å². The molecular weight excluding hydrogens is 347 g/mol. The smallest absolute Gasteiger partial charge is 0.330 e. The van der Waals surface area contributed by atoms with Crippen molar-refractivity contribution in [1.82, 2.24) is 0 Å². The summed E-state index contributed by atoms with van der Waals surface area (Å²) in [4.78, 5) is 23.8. The maximum atomic E-state index is 12.0. The van der Waals surface area contributed by atoms with Gasteiger partial charge in [0.15, 0.2) is 0 Å². The Labute approximate surface area is 166 Å². The van der Waals surface area contributed by atoms with Crippen LogP contribution in [0.3, 0.4) is 0 Å². The summed E-state index contributed by atoms with van der Waals surface area (Å²) in [5.41, 5.74) is 0. The van der Waals surface area contributed by atoms with Gasteiger partial charge < -0.3 is 9.47 Å². The first kappa shape index (κ1) is 26.1. The Morgan fingerprint density at radius 1 is 0.958 bits per heavy atom. The Morgan fingerprint density at radius 2 is 1.42 bits per heavy atom. The van der Waals surface area contributed by atoms with Crippen LogP contribution >= 0.6 is 0 Å². The fourth-order valence-corrected chi connectivity index (χ4v) is 2.37. The molecule has 0 heterocycles. The summed E-state index contributed by atoms with van der Waals surface area (Å²) in [5.74, 6) is -1.99. The van der Waals surface area contributed by atoms with Gasteiger partial charge in [0.05, 0.1) is 19.6 Å². The molecule has 0 saturated carbocycles. The molecule has 137 valence electrons. The Kier molecular flexibility index (Phi) is 14.2. The van der Waals surface area contributed by atoms with E-state index in [2.05, 4.69) is 0 Å². The Bertz CT molecular complexity index is 478. The SMILES string of the molecule is CCCCCOC(=O)CC(C)(C(=O)OCCCCC)S(=O)(=O)O.[Na]. The van der Waals surface area contributed by atoms with Gasteiger partial charge in [-0.3, -0.25) is 14.1 Å². The van der Waals surface area contributed by atoms with Gasteiger partial charge in [-0.1, -0.05) is 39.5 Å². The molecule has 0 aliphatic carbocycles. The molecule has 7 nitrogen and oxygen atoms in total. The van der Waals surface area contributed by atoms with E-state index in [1.165, 1.54) is 0 Å². The predicted molar refractivity (Wildman–Crippen MR) is 91.3 cm³/mol. The van der Waals surface area contributed by atoms with Crippen molar-refractivity contribution in [2.75, 3.05) is 13.2 Å². The van der Waals surface area contributed by atoms with Crippen molar-refractivity contribution in [3.8, 4) is 0 Å². The van der Waals surface area contributed by atoms with Crippen molar-refractivity contribution in [2.45, 2.75) is 70.5 Å². The molecule has 0 aromatic carbocycles. The van der Waals surface area contributed by atoms with Gasteiger partial charge in [0.2, 0.25) is 4.75 Å². The average molecular weight is 375 g/mol. The molecule has 0 bridgehead atoms. The number of unbranched alkanes of at least 4 members (excludes halogenated alkanes) is 4. The van der Waals surface area contributed by atoms with Gasteiger partial charge in [-0.15, -0.1) is 0 Å². The molecular formula is C15H28NaO7S. The zero-order valence-corrected chi connectivity index (χ0v) is 18.0. The van der Waals surface area contributed by atoms with Crippen LogP contribution in [-0.4, -0.2) is 72.4 Å². The van der Waals surface area contributed by atoms with E-state index in [1.807, 2.05) is 13.8 Å². The number of carbonyl (C=O) groups excluding carboxylic acids is 2. The predicted octanol–water partition coefficient (Wildman–Crippen LogP) is 2.11. The van der Waals surface area contributed by atoms with E-state index in [1.54, 1.807) is 0 Å². The second-order valence-electron chi connectivity index (χ2n) is 5.65. The molecule has 24 heavy (non-hydrogen) atoms. The van der Waals surface area contributed by atoms with Crippen LogP contribution in [0.2, 0.25) is 0 Å². The number of rotatable bonds is 12. The van der Waals surface area contributed by atoms with E-state index < -0.39 is 33.2 Å². The fourth-order valence-electron chi connectivity index (χ4n) is 1.80. The number of carbonyl (C=O) groups is 2. The third kappa shape index (κ3) is 9.36. The number of hydrogen-bond acceptors (Lipinski definition) is 6. The maximum Gasteiger partial charge on any atom is 0.330 e. The van der Waals surface area contributed by atoms with E-state index >= 15 is 0 Å². The largest absolute Gasteiger partial charge is 0.466 e. The van der Waals surface area contributed by atoms with Gasteiger partial charge in [-0.25, -0.2) is 0 Å². The average Bonchev–Trinajstić information content (AvgIpc) is 2.46. The second kappa shape index (κ2) is 13.1. The fraction of sp³-hybridized carbons (Fsp3) is 0.867. The minimum absolute atomic E-state index is 0. The van der Waals surface area contributed by atoms with Crippen LogP contribution in [0.5, 0.6) is 0 Å². The quantitative estimate of drug-likeness (QED) is 0.241. The summed E-state index contributed by atoms with van der Waals surface area (Å²) in [6.07, 6.45) is 4.04. The molecule has 1 atom stereocenters. The molecule has 0 aliphatic heterocycles. The van der Waals surface area contributed by atoms with E-state index in [0.717, 1.165) is 32.6 Å². The van der Waals surface area contributed by atoms with Crippen LogP contribution in [0.25, 0.3) is 0 Å². The molecule has 9 heteroatoms. The van der Waals surface area contributed by atoms with Crippen LogP contribution < -0.4 is 0 Å². The molecule has 1 radical (unpaired) electrons. The van der Waals surface area contributed by atoms with Gasteiger partial charge in [-0.05, 0) is 19.8 Å². The van der Waals surface area contributed by atoms with Crippen LogP contribution in [0.15, 0.2) is 0 Å². The summed E-state index contributed by atoms with van der Waals surface area (Å²) < 4.78 is 39.9. The summed E-state index contributed by atoms with van der Waals surface area (Å²) in [6.45, 7) is 5.13. The third-order valence-corrected chi connectivity index (χ3v) is 4.92. The molecule has 0 rings (SSSR count). The number of esters is 2. The Hall–Kier alpha value is -0.150. The first-order valence-electron chi connectivity index (χ1n) is 7.99. The summed E-state index contributed by atoms with van der Waals surface area (Å²) >= 11 is 0. The molecule has 0 aromatic rings. The summed E-state index contributed by atoms with van der Waals surface area (Å²) in [6, 6.07) is 0. The van der Waals surface area contributed by atoms with Gasteiger partial charge >= 0.3 is 11.9 Å². The van der Waals surface area contributed by atoms with Crippen molar-refractivity contribution in [1.29, 1.82) is 0 Å². The van der Waals surface area contributed by atoms with E-state index in [-0.39, 0.29) is 42.8 Å². The first-order chi connectivity index (χ1) is 10.7. The van der Waals surface area contributed by atoms with E-state index in [9.17, 15) is 22.6 Å². The molecule has 0 amide bonds. The Balaban J connectivity index is 0. The zero-order chi connectivity index (χ0) is 17.9. The van der Waals surface area contributed by atoms with E-state index in [4.69, 9.17) is 9.47 Å². The number of hydrogen-bond donors (Lipinski definition) is 1. The van der Waals surface area contributed by atoms with Crippen molar-refractivity contribution in [3.63, 3.8) is 0 Å². The summed E-state index contributed by atoms with van der Waals surface area (Å²) in [5, 5.41) is 0. The molecule has 1 unspecified atom stereocenters. The monoisotopic (exact) mass is 375 g/mol.